The third-order valence-electron chi connectivity index (χ3n) is 2.82. The van der Waals surface area contributed by atoms with Crippen molar-refractivity contribution < 1.29 is 4.74 Å². The lowest BCUT2D eigenvalue weighted by atomic mass is 9.90. The third kappa shape index (κ3) is 1.75. The Kier molecular flexibility index (Phi) is 2.46. The fraction of sp³-hybridized carbons (Fsp3) is 0.500. The second-order valence-electron chi connectivity index (χ2n) is 4.19. The summed E-state index contributed by atoms with van der Waals surface area (Å²) in [5.41, 5.74) is 8.15. The molecule has 14 heavy (non-hydrogen) atoms. The fourth-order valence-corrected chi connectivity index (χ4v) is 1.85. The summed E-state index contributed by atoms with van der Waals surface area (Å²) in [7, 11) is 0. The average molecular weight is 191 g/mol. The second kappa shape index (κ2) is 3.62. The maximum absolute atomic E-state index is 5.90. The summed E-state index contributed by atoms with van der Waals surface area (Å²) in [4.78, 5) is 0. The minimum absolute atomic E-state index is 0.338. The quantitative estimate of drug-likeness (QED) is 0.777. The summed E-state index contributed by atoms with van der Waals surface area (Å²) < 4.78 is 5.90. The molecule has 2 nitrogen and oxygen atoms in total. The Bertz CT molecular complexity index is 309. The van der Waals surface area contributed by atoms with E-state index in [1.54, 1.807) is 0 Å². The first kappa shape index (κ1) is 9.53. The zero-order valence-electron chi connectivity index (χ0n) is 8.79. The van der Waals surface area contributed by atoms with E-state index in [2.05, 4.69) is 32.0 Å². The molecule has 2 heteroatoms. The van der Waals surface area contributed by atoms with Gasteiger partial charge >= 0.3 is 0 Å². The van der Waals surface area contributed by atoms with Crippen LogP contribution < -0.4 is 10.5 Å². The average Bonchev–Trinajstić information content (AvgIpc) is 2.08. The third-order valence-corrected chi connectivity index (χ3v) is 2.82. The first-order valence-corrected chi connectivity index (χ1v) is 5.15. The molecule has 0 bridgehead atoms. The summed E-state index contributed by atoms with van der Waals surface area (Å²) in [6.07, 6.45) is 2.33. The topological polar surface area (TPSA) is 35.2 Å². The molecule has 2 N–H and O–H groups in total. The van der Waals surface area contributed by atoms with Gasteiger partial charge in [0.05, 0.1) is 0 Å². The molecule has 1 aliphatic rings. The number of hydrogen-bond acceptors (Lipinski definition) is 2. The lowest BCUT2D eigenvalue weighted by Gasteiger charge is -2.33. The molecule has 1 aromatic rings. The van der Waals surface area contributed by atoms with Gasteiger partial charge in [0.15, 0.2) is 0 Å². The summed E-state index contributed by atoms with van der Waals surface area (Å²) in [6.45, 7) is 4.17. The van der Waals surface area contributed by atoms with Crippen LogP contribution in [-0.2, 0) is 0 Å². The Morgan fingerprint density at radius 2 is 1.79 bits per heavy atom. The maximum Gasteiger partial charge on any atom is 0.125 e. The van der Waals surface area contributed by atoms with Crippen molar-refractivity contribution in [1.29, 1.82) is 0 Å². The van der Waals surface area contributed by atoms with E-state index in [0.717, 1.165) is 18.6 Å². The molecule has 0 radical (unpaired) electrons. The predicted octanol–water partition coefficient (Wildman–Crippen LogP) is 2.17. The van der Waals surface area contributed by atoms with Crippen molar-refractivity contribution in [2.75, 3.05) is 0 Å². The minimum atomic E-state index is 0.338. The summed E-state index contributed by atoms with van der Waals surface area (Å²) in [5, 5.41) is 0. The van der Waals surface area contributed by atoms with Crippen molar-refractivity contribution in [2.45, 2.75) is 38.8 Å². The van der Waals surface area contributed by atoms with Gasteiger partial charge in [0.1, 0.15) is 11.9 Å². The molecule has 0 aliphatic heterocycles. The number of para-hydroxylation sites is 1. The molecule has 1 aliphatic carbocycles. The Balaban J connectivity index is 2.09. The molecule has 0 atom stereocenters. The van der Waals surface area contributed by atoms with E-state index >= 15 is 0 Å². The van der Waals surface area contributed by atoms with Gasteiger partial charge in [-0.15, -0.1) is 0 Å². The van der Waals surface area contributed by atoms with Crippen molar-refractivity contribution in [3.63, 3.8) is 0 Å². The molecule has 2 rings (SSSR count). The largest absolute Gasteiger partial charge is 0.490 e. The normalized spacial score (nSPS) is 25.6. The standard InChI is InChI=1S/C12H17NO/c1-8-4-3-5-9(2)12(8)14-11-6-10(13)7-11/h3-5,10-11H,6-7,13H2,1-2H3. The van der Waals surface area contributed by atoms with Crippen molar-refractivity contribution in [3.05, 3.63) is 29.3 Å². The van der Waals surface area contributed by atoms with Gasteiger partial charge in [-0.2, -0.15) is 0 Å². The zero-order chi connectivity index (χ0) is 10.1. The van der Waals surface area contributed by atoms with Gasteiger partial charge in [-0.25, -0.2) is 0 Å². The minimum Gasteiger partial charge on any atom is -0.490 e. The van der Waals surface area contributed by atoms with Gasteiger partial charge < -0.3 is 10.5 Å². The Morgan fingerprint density at radius 1 is 1.21 bits per heavy atom. The van der Waals surface area contributed by atoms with Crippen molar-refractivity contribution >= 4 is 0 Å². The lowest BCUT2D eigenvalue weighted by Crippen LogP contribution is -2.43. The molecule has 0 heterocycles. The molecule has 1 fully saturated rings. The van der Waals surface area contributed by atoms with Crippen molar-refractivity contribution in [2.24, 2.45) is 5.73 Å². The number of aryl methyl sites for hydroxylation is 2. The van der Waals surface area contributed by atoms with Crippen molar-refractivity contribution in [1.82, 2.24) is 0 Å². The highest BCUT2D eigenvalue weighted by molar-refractivity contribution is 5.40. The van der Waals surface area contributed by atoms with E-state index < -0.39 is 0 Å². The molecule has 1 aromatic carbocycles. The van der Waals surface area contributed by atoms with Gasteiger partial charge in [-0.05, 0) is 37.8 Å². The van der Waals surface area contributed by atoms with E-state index in [9.17, 15) is 0 Å². The number of rotatable bonds is 2. The maximum atomic E-state index is 5.90. The Morgan fingerprint density at radius 3 is 2.29 bits per heavy atom. The fourth-order valence-electron chi connectivity index (χ4n) is 1.85. The van der Waals surface area contributed by atoms with E-state index in [4.69, 9.17) is 10.5 Å². The molecule has 1 saturated carbocycles. The first-order valence-electron chi connectivity index (χ1n) is 5.15. The van der Waals surface area contributed by atoms with E-state index in [-0.39, 0.29) is 0 Å². The summed E-state index contributed by atoms with van der Waals surface area (Å²) in [5.74, 6) is 1.05. The van der Waals surface area contributed by atoms with Crippen molar-refractivity contribution in [3.8, 4) is 5.75 Å². The number of ether oxygens (including phenoxy) is 1. The molecule has 0 aromatic heterocycles. The van der Waals surface area contributed by atoms with Gasteiger partial charge in [0, 0.05) is 6.04 Å². The SMILES string of the molecule is Cc1cccc(C)c1OC1CC(N)C1. The van der Waals surface area contributed by atoms with Gasteiger partial charge in [0.25, 0.3) is 0 Å². The van der Waals surface area contributed by atoms with Crippen LogP contribution in [0.3, 0.4) is 0 Å². The van der Waals surface area contributed by atoms with Gasteiger partial charge in [-0.3, -0.25) is 0 Å². The van der Waals surface area contributed by atoms with Gasteiger partial charge in [0.2, 0.25) is 0 Å². The highest BCUT2D eigenvalue weighted by Gasteiger charge is 2.28. The molecular weight excluding hydrogens is 174 g/mol. The highest BCUT2D eigenvalue weighted by Crippen LogP contribution is 2.29. The first-order chi connectivity index (χ1) is 6.66. The second-order valence-corrected chi connectivity index (χ2v) is 4.19. The Labute approximate surface area is 85.1 Å². The van der Waals surface area contributed by atoms with Crippen LogP contribution in [0.25, 0.3) is 0 Å². The number of benzene rings is 1. The smallest absolute Gasteiger partial charge is 0.125 e. The molecule has 76 valence electrons. The van der Waals surface area contributed by atoms with E-state index in [1.165, 1.54) is 11.1 Å². The van der Waals surface area contributed by atoms with Crippen LogP contribution in [0.4, 0.5) is 0 Å². The molecule has 0 unspecified atom stereocenters. The van der Waals surface area contributed by atoms with Crippen LogP contribution in [0.15, 0.2) is 18.2 Å². The van der Waals surface area contributed by atoms with Crippen LogP contribution in [0, 0.1) is 13.8 Å². The zero-order valence-corrected chi connectivity index (χ0v) is 8.79. The van der Waals surface area contributed by atoms with E-state index in [0.29, 0.717) is 12.1 Å². The van der Waals surface area contributed by atoms with Crippen LogP contribution in [0.2, 0.25) is 0 Å². The summed E-state index contributed by atoms with van der Waals surface area (Å²) >= 11 is 0. The highest BCUT2D eigenvalue weighted by atomic mass is 16.5. The molecule has 0 amide bonds. The van der Waals surface area contributed by atoms with Crippen LogP contribution >= 0.6 is 0 Å². The predicted molar refractivity (Wildman–Crippen MR) is 57.5 cm³/mol. The molecule has 0 spiro atoms. The van der Waals surface area contributed by atoms with E-state index in [1.807, 2.05) is 0 Å². The number of nitrogens with two attached hydrogens (primary N) is 1. The lowest BCUT2D eigenvalue weighted by molar-refractivity contribution is 0.0993. The Hall–Kier alpha value is -1.02. The monoisotopic (exact) mass is 191 g/mol. The molecular formula is C12H17NO. The van der Waals surface area contributed by atoms with Crippen LogP contribution in [0.5, 0.6) is 5.75 Å². The van der Waals surface area contributed by atoms with Crippen LogP contribution in [0.1, 0.15) is 24.0 Å². The van der Waals surface area contributed by atoms with Crippen LogP contribution in [-0.4, -0.2) is 12.1 Å². The van der Waals surface area contributed by atoms with Gasteiger partial charge in [-0.1, -0.05) is 18.2 Å². The molecule has 0 saturated heterocycles. The summed E-state index contributed by atoms with van der Waals surface area (Å²) in [6, 6.07) is 6.58. The number of hydrogen-bond donors (Lipinski definition) is 1.